The van der Waals surface area contributed by atoms with Crippen molar-refractivity contribution in [3.63, 3.8) is 0 Å². The monoisotopic (exact) mass is 401 g/mol. The zero-order chi connectivity index (χ0) is 19.9. The number of ketones is 1. The average Bonchev–Trinajstić information content (AvgIpc) is 2.93. The maximum Gasteiger partial charge on any atom is 0.192 e. The topological polar surface area (TPSA) is 57.0 Å². The smallest absolute Gasteiger partial charge is 0.192 e. The Bertz CT molecular complexity index is 771. The fraction of sp³-hybridized carbons (Fsp3) is 0.591. The van der Waals surface area contributed by atoms with E-state index < -0.39 is 0 Å². The number of nitrogens with zero attached hydrogens (tertiary/aromatic N) is 3. The fourth-order valence-electron chi connectivity index (χ4n) is 3.41. The van der Waals surface area contributed by atoms with E-state index >= 15 is 0 Å². The number of hydrogen-bond donors (Lipinski definition) is 0. The molecule has 0 spiro atoms. The highest BCUT2D eigenvalue weighted by Crippen LogP contribution is 2.31. The van der Waals surface area contributed by atoms with Gasteiger partial charge in [-0.3, -0.25) is 4.79 Å². The average molecular weight is 402 g/mol. The Morgan fingerprint density at radius 2 is 1.96 bits per heavy atom. The third-order valence-electron chi connectivity index (χ3n) is 5.04. The lowest BCUT2D eigenvalue weighted by Gasteiger charge is -2.16. The highest BCUT2D eigenvalue weighted by Gasteiger charge is 2.25. The van der Waals surface area contributed by atoms with Crippen molar-refractivity contribution in [2.24, 2.45) is 5.92 Å². The molecule has 0 aliphatic heterocycles. The van der Waals surface area contributed by atoms with Crippen LogP contribution in [0, 0.1) is 5.92 Å². The lowest BCUT2D eigenvalue weighted by molar-refractivity contribution is -0.118. The van der Waals surface area contributed by atoms with Gasteiger partial charge in [0.05, 0.1) is 5.25 Å². The van der Waals surface area contributed by atoms with E-state index in [2.05, 4.69) is 47.7 Å². The number of aromatic nitrogens is 3. The molecule has 0 radical (unpaired) electrons. The Balaban J connectivity index is 1.72. The van der Waals surface area contributed by atoms with Gasteiger partial charge in [-0.25, -0.2) is 0 Å². The number of benzene rings is 1. The van der Waals surface area contributed by atoms with Gasteiger partial charge in [0.2, 0.25) is 0 Å². The van der Waals surface area contributed by atoms with Crippen LogP contribution < -0.4 is 4.74 Å². The highest BCUT2D eigenvalue weighted by atomic mass is 32.2. The molecule has 6 heteroatoms. The van der Waals surface area contributed by atoms with E-state index in [1.54, 1.807) is 11.8 Å². The van der Waals surface area contributed by atoms with Crippen LogP contribution in [0.25, 0.3) is 0 Å². The lowest BCUT2D eigenvalue weighted by Crippen LogP contribution is -2.17. The largest absolute Gasteiger partial charge is 0.486 e. The van der Waals surface area contributed by atoms with Crippen molar-refractivity contribution in [3.8, 4) is 5.75 Å². The molecular formula is C22H31N3O2S. The van der Waals surface area contributed by atoms with Crippen LogP contribution in [0.2, 0.25) is 0 Å². The molecule has 1 heterocycles. The molecule has 1 aromatic carbocycles. The summed E-state index contributed by atoms with van der Waals surface area (Å²) in [5.41, 5.74) is 1.29. The second-order valence-electron chi connectivity index (χ2n) is 7.86. The van der Waals surface area contributed by atoms with Gasteiger partial charge in [0.15, 0.2) is 11.0 Å². The van der Waals surface area contributed by atoms with E-state index in [4.69, 9.17) is 4.74 Å². The molecule has 28 heavy (non-hydrogen) atoms. The van der Waals surface area contributed by atoms with E-state index in [0.29, 0.717) is 24.7 Å². The Kier molecular flexibility index (Phi) is 7.54. The van der Waals surface area contributed by atoms with E-state index in [-0.39, 0.29) is 5.25 Å². The zero-order valence-electron chi connectivity index (χ0n) is 17.2. The van der Waals surface area contributed by atoms with E-state index in [9.17, 15) is 4.79 Å². The van der Waals surface area contributed by atoms with E-state index in [0.717, 1.165) is 55.4 Å². The summed E-state index contributed by atoms with van der Waals surface area (Å²) in [5, 5.41) is 9.65. The molecule has 1 unspecified atom stereocenters. The van der Waals surface area contributed by atoms with Gasteiger partial charge in [0.25, 0.3) is 0 Å². The van der Waals surface area contributed by atoms with Crippen LogP contribution in [0.5, 0.6) is 5.75 Å². The minimum atomic E-state index is 0.00738. The number of thioether (sulfide) groups is 1. The van der Waals surface area contributed by atoms with Crippen molar-refractivity contribution in [1.29, 1.82) is 0 Å². The molecular weight excluding hydrogens is 370 g/mol. The van der Waals surface area contributed by atoms with Crippen LogP contribution in [-0.4, -0.2) is 25.8 Å². The van der Waals surface area contributed by atoms with Crippen molar-refractivity contribution >= 4 is 17.5 Å². The number of carbonyl (C=O) groups is 1. The number of hydrogen-bond acceptors (Lipinski definition) is 5. The second kappa shape index (κ2) is 10.1. The Labute approximate surface area is 172 Å². The summed E-state index contributed by atoms with van der Waals surface area (Å²) in [6.45, 7) is 7.70. The van der Waals surface area contributed by atoms with Crippen LogP contribution in [-0.2, 0) is 24.4 Å². The Morgan fingerprint density at radius 1 is 1.18 bits per heavy atom. The first kappa shape index (κ1) is 20.9. The normalized spacial score (nSPS) is 17.7. The van der Waals surface area contributed by atoms with Crippen molar-refractivity contribution in [2.45, 2.75) is 82.9 Å². The van der Waals surface area contributed by atoms with Gasteiger partial charge >= 0.3 is 0 Å². The van der Waals surface area contributed by atoms with Crippen LogP contribution in [0.4, 0.5) is 0 Å². The third-order valence-corrected chi connectivity index (χ3v) is 6.33. The van der Waals surface area contributed by atoms with Crippen molar-refractivity contribution in [1.82, 2.24) is 14.8 Å². The second-order valence-corrected chi connectivity index (χ2v) is 9.03. The molecule has 0 bridgehead atoms. The summed E-state index contributed by atoms with van der Waals surface area (Å²) < 4.78 is 8.09. The number of rotatable bonds is 8. The molecule has 1 atom stereocenters. The summed E-state index contributed by atoms with van der Waals surface area (Å²) in [4.78, 5) is 12.4. The molecule has 0 amide bonds. The first-order valence-electron chi connectivity index (χ1n) is 10.4. The first-order valence-corrected chi connectivity index (χ1v) is 11.3. The van der Waals surface area contributed by atoms with Gasteiger partial charge in [-0.05, 0) is 42.9 Å². The molecule has 3 rings (SSSR count). The van der Waals surface area contributed by atoms with Crippen molar-refractivity contribution in [3.05, 3.63) is 35.7 Å². The number of carbonyl (C=O) groups excluding carboxylic acids is 1. The van der Waals surface area contributed by atoms with Gasteiger partial charge in [-0.1, -0.05) is 57.5 Å². The molecule has 0 saturated heterocycles. The molecule has 152 valence electrons. The molecule has 1 aliphatic rings. The fourth-order valence-corrected chi connectivity index (χ4v) is 4.59. The number of aryl methyl sites for hydroxylation is 1. The van der Waals surface area contributed by atoms with Gasteiger partial charge in [0.1, 0.15) is 18.1 Å². The molecule has 1 saturated carbocycles. The number of Topliss-reactive ketones (excluding diaryl/α,β-unsaturated/α-hetero) is 1. The van der Waals surface area contributed by atoms with Gasteiger partial charge in [-0.15, -0.1) is 10.2 Å². The van der Waals surface area contributed by atoms with Crippen LogP contribution in [0.1, 0.15) is 64.3 Å². The Morgan fingerprint density at radius 3 is 2.68 bits per heavy atom. The highest BCUT2D eigenvalue weighted by molar-refractivity contribution is 8.00. The molecule has 5 nitrogen and oxygen atoms in total. The molecule has 2 aromatic rings. The zero-order valence-corrected chi connectivity index (χ0v) is 18.0. The summed E-state index contributed by atoms with van der Waals surface area (Å²) >= 11 is 1.59. The van der Waals surface area contributed by atoms with Crippen molar-refractivity contribution < 1.29 is 9.53 Å². The maximum atomic E-state index is 12.4. The molecule has 1 aliphatic carbocycles. The molecule has 1 aromatic heterocycles. The van der Waals surface area contributed by atoms with Crippen LogP contribution in [0.15, 0.2) is 29.4 Å². The van der Waals surface area contributed by atoms with Crippen molar-refractivity contribution in [2.75, 3.05) is 0 Å². The van der Waals surface area contributed by atoms with E-state index in [1.165, 1.54) is 5.56 Å². The summed E-state index contributed by atoms with van der Waals surface area (Å²) in [6.07, 6.45) is 5.93. The summed E-state index contributed by atoms with van der Waals surface area (Å²) in [5.74, 6) is 2.47. The summed E-state index contributed by atoms with van der Waals surface area (Å²) in [7, 11) is 0. The van der Waals surface area contributed by atoms with Crippen LogP contribution in [0.3, 0.4) is 0 Å². The quantitative estimate of drug-likeness (QED) is 0.578. The van der Waals surface area contributed by atoms with E-state index in [1.807, 2.05) is 12.1 Å². The minimum absolute atomic E-state index is 0.00738. The molecule has 1 fully saturated rings. The first-order chi connectivity index (χ1) is 13.6. The SMILES string of the molecule is CCc1ccc(OCc2nnc(SC3CCCCCC3=O)n2CC(C)C)cc1. The molecule has 0 N–H and O–H groups in total. The predicted octanol–water partition coefficient (Wildman–Crippen LogP) is 5.07. The standard InChI is InChI=1S/C22H31N3O2S/c1-4-17-10-12-18(13-11-17)27-15-21-23-24-22(25(21)14-16(2)3)28-20-9-7-5-6-8-19(20)26/h10-13,16,20H,4-9,14-15H2,1-3H3. The Hall–Kier alpha value is -1.82. The maximum absolute atomic E-state index is 12.4. The predicted molar refractivity (Wildman–Crippen MR) is 113 cm³/mol. The lowest BCUT2D eigenvalue weighted by atomic mass is 10.2. The minimum Gasteiger partial charge on any atom is -0.486 e. The van der Waals surface area contributed by atoms with Gasteiger partial charge < -0.3 is 9.30 Å². The van der Waals surface area contributed by atoms with Crippen LogP contribution >= 0.6 is 11.8 Å². The van der Waals surface area contributed by atoms with Gasteiger partial charge in [0, 0.05) is 13.0 Å². The third kappa shape index (κ3) is 5.60. The summed E-state index contributed by atoms with van der Waals surface area (Å²) in [6, 6.07) is 8.18. The number of ether oxygens (including phenoxy) is 1. The van der Waals surface area contributed by atoms with Gasteiger partial charge in [-0.2, -0.15) is 0 Å².